The molecule has 1 aliphatic rings. The summed E-state index contributed by atoms with van der Waals surface area (Å²) in [7, 11) is 1.53. The lowest BCUT2D eigenvalue weighted by Crippen LogP contribution is -2.29. The molecule has 2 atom stereocenters. The summed E-state index contributed by atoms with van der Waals surface area (Å²) in [4.78, 5) is 30.1. The van der Waals surface area contributed by atoms with Crippen LogP contribution in [-0.2, 0) is 4.79 Å². The van der Waals surface area contributed by atoms with Crippen LogP contribution in [0.1, 0.15) is 40.8 Å². The lowest BCUT2D eigenvalue weighted by atomic mass is 10.0. The first-order valence-electron chi connectivity index (χ1n) is 11.8. The number of thiocarbonyl (C=S) groups is 1. The van der Waals surface area contributed by atoms with Gasteiger partial charge in [-0.25, -0.2) is 4.79 Å². The van der Waals surface area contributed by atoms with Crippen molar-refractivity contribution in [3.05, 3.63) is 96.0 Å². The average Bonchev–Trinajstić information content (AvgIpc) is 3.53. The monoisotopic (exact) mass is 528 g/mol. The number of amides is 1. The molecule has 192 valence electrons. The number of anilines is 2. The third kappa shape index (κ3) is 4.69. The molecule has 1 aliphatic heterocycles. The maximum atomic E-state index is 11.8. The zero-order chi connectivity index (χ0) is 26.8. The molecule has 0 unspecified atom stereocenters. The summed E-state index contributed by atoms with van der Waals surface area (Å²) in [5, 5.41) is 16.3. The number of benzene rings is 2. The van der Waals surface area contributed by atoms with Crippen molar-refractivity contribution >= 4 is 40.6 Å². The van der Waals surface area contributed by atoms with Crippen molar-refractivity contribution in [2.45, 2.75) is 19.0 Å². The van der Waals surface area contributed by atoms with Gasteiger partial charge >= 0.3 is 5.97 Å². The third-order valence-corrected chi connectivity index (χ3v) is 6.53. The number of hydrogen-bond acceptors (Lipinski definition) is 6. The molecular formula is C28H24N4O5S. The van der Waals surface area contributed by atoms with Crippen LogP contribution in [0.15, 0.2) is 83.4 Å². The van der Waals surface area contributed by atoms with E-state index in [2.05, 4.69) is 15.6 Å². The van der Waals surface area contributed by atoms with Gasteiger partial charge in [-0.2, -0.15) is 0 Å². The van der Waals surface area contributed by atoms with Crippen LogP contribution >= 0.6 is 12.2 Å². The van der Waals surface area contributed by atoms with Crippen LogP contribution in [0.3, 0.4) is 0 Å². The summed E-state index contributed by atoms with van der Waals surface area (Å²) in [6, 6.07) is 20.4. The molecule has 2 aromatic carbocycles. The molecule has 0 bridgehead atoms. The van der Waals surface area contributed by atoms with Gasteiger partial charge in [0.05, 0.1) is 30.1 Å². The minimum absolute atomic E-state index is 0.140. The van der Waals surface area contributed by atoms with Gasteiger partial charge in [-0.15, -0.1) is 0 Å². The van der Waals surface area contributed by atoms with Crippen LogP contribution in [0.5, 0.6) is 5.75 Å². The van der Waals surface area contributed by atoms with E-state index in [1.165, 1.54) is 20.1 Å². The molecule has 38 heavy (non-hydrogen) atoms. The lowest BCUT2D eigenvalue weighted by Gasteiger charge is -2.27. The highest BCUT2D eigenvalue weighted by molar-refractivity contribution is 7.80. The second-order valence-corrected chi connectivity index (χ2v) is 9.00. The Balaban J connectivity index is 1.62. The summed E-state index contributed by atoms with van der Waals surface area (Å²) in [6.45, 7) is 1.42. The van der Waals surface area contributed by atoms with Gasteiger partial charge < -0.3 is 29.8 Å². The molecule has 1 fully saturated rings. The number of aromatic carboxylic acids is 1. The molecule has 3 heterocycles. The van der Waals surface area contributed by atoms with Crippen LogP contribution in [0.25, 0.3) is 11.3 Å². The second-order valence-electron chi connectivity index (χ2n) is 8.62. The number of aromatic nitrogens is 1. The topological polar surface area (TPSA) is 117 Å². The summed E-state index contributed by atoms with van der Waals surface area (Å²) in [5.41, 5.74) is 2.55. The minimum atomic E-state index is -1.04. The molecular weight excluding hydrogens is 504 g/mol. The van der Waals surface area contributed by atoms with E-state index in [4.69, 9.17) is 21.4 Å². The number of methoxy groups -OCH3 is 1. The van der Waals surface area contributed by atoms with E-state index >= 15 is 0 Å². The summed E-state index contributed by atoms with van der Waals surface area (Å²) < 4.78 is 11.7. The van der Waals surface area contributed by atoms with Gasteiger partial charge in [-0.05, 0) is 60.7 Å². The van der Waals surface area contributed by atoms with Gasteiger partial charge in [0.25, 0.3) is 0 Å². The number of hydrogen-bond donors (Lipinski definition) is 3. The number of carboxylic acids is 1. The maximum Gasteiger partial charge on any atom is 0.336 e. The van der Waals surface area contributed by atoms with E-state index in [-0.39, 0.29) is 17.5 Å². The Hall–Kier alpha value is -4.70. The van der Waals surface area contributed by atoms with Crippen molar-refractivity contribution < 1.29 is 23.8 Å². The number of nitrogens with one attached hydrogen (secondary N) is 2. The first-order chi connectivity index (χ1) is 18.4. The van der Waals surface area contributed by atoms with Crippen molar-refractivity contribution in [2.75, 3.05) is 17.3 Å². The fourth-order valence-electron chi connectivity index (χ4n) is 4.60. The molecule has 0 saturated carbocycles. The number of carbonyl (C=O) groups excluding carboxylic acids is 1. The van der Waals surface area contributed by atoms with E-state index in [0.717, 1.165) is 5.69 Å². The predicted octanol–water partition coefficient (Wildman–Crippen LogP) is 5.18. The quantitative estimate of drug-likeness (QED) is 0.279. The smallest absolute Gasteiger partial charge is 0.336 e. The second kappa shape index (κ2) is 10.3. The van der Waals surface area contributed by atoms with Crippen molar-refractivity contribution in [2.24, 2.45) is 0 Å². The Morgan fingerprint density at radius 3 is 2.61 bits per heavy atom. The lowest BCUT2D eigenvalue weighted by molar-refractivity contribution is -0.114. The van der Waals surface area contributed by atoms with E-state index in [9.17, 15) is 14.7 Å². The molecule has 4 aromatic rings. The first kappa shape index (κ1) is 25.0. The number of ether oxygens (including phenoxy) is 1. The molecule has 1 amide bonds. The zero-order valence-corrected chi connectivity index (χ0v) is 21.4. The zero-order valence-electron chi connectivity index (χ0n) is 20.5. The summed E-state index contributed by atoms with van der Waals surface area (Å²) >= 11 is 5.77. The fraction of sp³-hybridized carbons (Fsp3) is 0.143. The Kier molecular flexibility index (Phi) is 6.80. The van der Waals surface area contributed by atoms with Crippen LogP contribution in [0.2, 0.25) is 0 Å². The number of furan rings is 1. The Labute approximate surface area is 224 Å². The summed E-state index contributed by atoms with van der Waals surface area (Å²) in [5.74, 6) is 0.201. The van der Waals surface area contributed by atoms with Crippen molar-refractivity contribution in [3.8, 4) is 17.1 Å². The molecule has 0 spiro atoms. The van der Waals surface area contributed by atoms with Crippen LogP contribution in [0.4, 0.5) is 11.4 Å². The highest BCUT2D eigenvalue weighted by Gasteiger charge is 2.43. The molecule has 0 radical (unpaired) electrons. The number of carbonyl (C=O) groups is 2. The summed E-state index contributed by atoms with van der Waals surface area (Å²) in [6.07, 6.45) is 1.71. The Morgan fingerprint density at radius 2 is 1.89 bits per heavy atom. The van der Waals surface area contributed by atoms with Gasteiger partial charge in [-0.1, -0.05) is 24.3 Å². The fourth-order valence-corrected chi connectivity index (χ4v) is 4.94. The number of carboxylic acid groups (broad SMARTS) is 1. The number of pyridine rings is 1. The first-order valence-corrected chi connectivity index (χ1v) is 12.2. The minimum Gasteiger partial charge on any atom is -0.495 e. The normalized spacial score (nSPS) is 16.7. The average molecular weight is 529 g/mol. The molecule has 10 heteroatoms. The van der Waals surface area contributed by atoms with Crippen LogP contribution in [0, 0.1) is 0 Å². The van der Waals surface area contributed by atoms with Gasteiger partial charge in [0.2, 0.25) is 5.91 Å². The van der Waals surface area contributed by atoms with E-state index in [1.807, 2.05) is 35.2 Å². The standard InChI is InChI=1S/C28H24N4O5S/c1-16(33)30-21-15-17(10-11-23(21)36-2)32-26(25(31-28(32)38)20-9-5-6-14-29-20)24-13-12-22(37-24)18-7-3-4-8-19(18)27(34)35/h3-15,25-26H,1-2H3,(H,30,33)(H,31,38)(H,34,35)/t25-,26+/m0/s1. The van der Waals surface area contributed by atoms with Gasteiger partial charge in [0, 0.05) is 24.4 Å². The molecule has 3 N–H and O–H groups in total. The van der Waals surface area contributed by atoms with Crippen LogP contribution in [-0.4, -0.2) is 34.2 Å². The highest BCUT2D eigenvalue weighted by Crippen LogP contribution is 2.44. The Morgan fingerprint density at radius 1 is 1.11 bits per heavy atom. The number of rotatable bonds is 7. The number of nitrogens with zero attached hydrogens (tertiary/aromatic N) is 2. The molecule has 0 aliphatic carbocycles. The van der Waals surface area contributed by atoms with E-state index in [0.29, 0.717) is 39.3 Å². The van der Waals surface area contributed by atoms with Crippen molar-refractivity contribution in [1.82, 2.24) is 10.3 Å². The van der Waals surface area contributed by atoms with Crippen molar-refractivity contribution in [1.29, 1.82) is 0 Å². The van der Waals surface area contributed by atoms with E-state index in [1.54, 1.807) is 42.6 Å². The maximum absolute atomic E-state index is 11.8. The molecule has 1 saturated heterocycles. The molecule has 2 aromatic heterocycles. The Bertz CT molecular complexity index is 1520. The third-order valence-electron chi connectivity index (χ3n) is 6.21. The van der Waals surface area contributed by atoms with E-state index < -0.39 is 12.0 Å². The molecule has 5 rings (SSSR count). The predicted molar refractivity (Wildman–Crippen MR) is 146 cm³/mol. The molecule has 9 nitrogen and oxygen atoms in total. The van der Waals surface area contributed by atoms with Gasteiger partial charge in [0.15, 0.2) is 5.11 Å². The van der Waals surface area contributed by atoms with Gasteiger partial charge in [0.1, 0.15) is 23.3 Å². The largest absolute Gasteiger partial charge is 0.495 e. The SMILES string of the molecule is COc1ccc(N2C(=S)N[C@@H](c3ccccn3)[C@H]2c2ccc(-c3ccccc3C(=O)O)o2)cc1NC(C)=O. The van der Waals surface area contributed by atoms with Crippen molar-refractivity contribution in [3.63, 3.8) is 0 Å². The highest BCUT2D eigenvalue weighted by atomic mass is 32.1. The van der Waals surface area contributed by atoms with Gasteiger partial charge in [-0.3, -0.25) is 9.78 Å². The van der Waals surface area contributed by atoms with Crippen LogP contribution < -0.4 is 20.3 Å².